The van der Waals surface area contributed by atoms with Gasteiger partial charge in [-0.15, -0.1) is 0 Å². The van der Waals surface area contributed by atoms with Gasteiger partial charge in [0.2, 0.25) is 5.91 Å². The Morgan fingerprint density at radius 2 is 2.00 bits per heavy atom. The summed E-state index contributed by atoms with van der Waals surface area (Å²) in [4.78, 5) is 11.5. The third-order valence-electron chi connectivity index (χ3n) is 3.21. The number of hydrogen-bond donors (Lipinski definition) is 2. The Hall–Kier alpha value is -1.52. The van der Waals surface area contributed by atoms with Gasteiger partial charge < -0.3 is 11.1 Å². The van der Waals surface area contributed by atoms with Gasteiger partial charge in [-0.1, -0.05) is 42.5 Å². The standard InChI is InChI=1S/C17H22N2OS/c1-13(18)11-17(20)19-9-10-21-12-15-7-4-6-14-5-2-3-8-16(14)15/h2-8,13H,9-12,18H2,1H3,(H,19,20). The van der Waals surface area contributed by atoms with Crippen molar-refractivity contribution >= 4 is 28.4 Å². The molecule has 3 nitrogen and oxygen atoms in total. The second-order valence-corrected chi connectivity index (χ2v) is 6.33. The normalized spacial score (nSPS) is 12.3. The summed E-state index contributed by atoms with van der Waals surface area (Å²) >= 11 is 1.84. The Morgan fingerprint density at radius 3 is 2.81 bits per heavy atom. The lowest BCUT2D eigenvalue weighted by molar-refractivity contribution is -0.121. The van der Waals surface area contributed by atoms with Crippen LogP contribution >= 0.6 is 11.8 Å². The number of rotatable bonds is 7. The van der Waals surface area contributed by atoms with E-state index in [1.165, 1.54) is 16.3 Å². The molecule has 3 N–H and O–H groups in total. The number of carbonyl (C=O) groups excluding carboxylic acids is 1. The van der Waals surface area contributed by atoms with Crippen LogP contribution in [0.3, 0.4) is 0 Å². The van der Waals surface area contributed by atoms with Crippen LogP contribution in [0.2, 0.25) is 0 Å². The largest absolute Gasteiger partial charge is 0.355 e. The molecule has 21 heavy (non-hydrogen) atoms. The number of hydrogen-bond acceptors (Lipinski definition) is 3. The van der Waals surface area contributed by atoms with E-state index in [-0.39, 0.29) is 11.9 Å². The van der Waals surface area contributed by atoms with Crippen LogP contribution in [0.1, 0.15) is 18.9 Å². The van der Waals surface area contributed by atoms with E-state index in [0.717, 1.165) is 11.5 Å². The highest BCUT2D eigenvalue weighted by Crippen LogP contribution is 2.22. The van der Waals surface area contributed by atoms with Gasteiger partial charge in [-0.05, 0) is 23.3 Å². The smallest absolute Gasteiger partial charge is 0.221 e. The minimum absolute atomic E-state index is 0.0377. The Labute approximate surface area is 130 Å². The van der Waals surface area contributed by atoms with Crippen molar-refractivity contribution in [1.82, 2.24) is 5.32 Å². The molecule has 0 saturated heterocycles. The van der Waals surface area contributed by atoms with Crippen LogP contribution in [-0.4, -0.2) is 24.2 Å². The topological polar surface area (TPSA) is 55.1 Å². The van der Waals surface area contributed by atoms with Crippen LogP contribution in [0.4, 0.5) is 0 Å². The number of thioether (sulfide) groups is 1. The molecule has 2 aromatic carbocycles. The first-order chi connectivity index (χ1) is 10.2. The predicted molar refractivity (Wildman–Crippen MR) is 91.4 cm³/mol. The van der Waals surface area contributed by atoms with Crippen LogP contribution in [0.5, 0.6) is 0 Å². The van der Waals surface area contributed by atoms with Crippen LogP contribution in [0.25, 0.3) is 10.8 Å². The number of nitrogens with two attached hydrogens (primary N) is 1. The fraction of sp³-hybridized carbons (Fsp3) is 0.353. The van der Waals surface area contributed by atoms with Crippen molar-refractivity contribution in [3.8, 4) is 0 Å². The molecule has 0 heterocycles. The van der Waals surface area contributed by atoms with E-state index in [1.807, 2.05) is 18.7 Å². The van der Waals surface area contributed by atoms with Gasteiger partial charge in [0.15, 0.2) is 0 Å². The van der Waals surface area contributed by atoms with Crippen molar-refractivity contribution in [2.45, 2.75) is 25.1 Å². The van der Waals surface area contributed by atoms with E-state index in [4.69, 9.17) is 5.73 Å². The molecule has 112 valence electrons. The Morgan fingerprint density at radius 1 is 1.24 bits per heavy atom. The maximum absolute atomic E-state index is 11.5. The van der Waals surface area contributed by atoms with E-state index in [2.05, 4.69) is 47.8 Å². The quantitative estimate of drug-likeness (QED) is 0.773. The van der Waals surface area contributed by atoms with E-state index in [1.54, 1.807) is 0 Å². The van der Waals surface area contributed by atoms with Gasteiger partial charge in [0.05, 0.1) is 0 Å². The number of fused-ring (bicyclic) bond motifs is 1. The average molecular weight is 302 g/mol. The van der Waals surface area contributed by atoms with Gasteiger partial charge >= 0.3 is 0 Å². The molecule has 0 fully saturated rings. The molecule has 1 amide bonds. The summed E-state index contributed by atoms with van der Waals surface area (Å²) in [6.45, 7) is 2.54. The molecule has 0 aliphatic rings. The molecule has 4 heteroatoms. The molecule has 0 bridgehead atoms. The first-order valence-corrected chi connectivity index (χ1v) is 8.39. The zero-order valence-electron chi connectivity index (χ0n) is 12.3. The van der Waals surface area contributed by atoms with Crippen LogP contribution in [-0.2, 0) is 10.5 Å². The van der Waals surface area contributed by atoms with Crippen molar-refractivity contribution in [3.63, 3.8) is 0 Å². The fourth-order valence-corrected chi connectivity index (χ4v) is 3.09. The summed E-state index contributed by atoms with van der Waals surface area (Å²) in [5.41, 5.74) is 6.93. The zero-order valence-corrected chi connectivity index (χ0v) is 13.2. The second-order valence-electron chi connectivity index (χ2n) is 5.22. The van der Waals surface area contributed by atoms with Gasteiger partial charge in [-0.3, -0.25) is 4.79 Å². The number of carbonyl (C=O) groups is 1. The highest BCUT2D eigenvalue weighted by atomic mass is 32.2. The number of benzene rings is 2. The van der Waals surface area contributed by atoms with Gasteiger partial charge in [0.1, 0.15) is 0 Å². The first kappa shape index (κ1) is 15.9. The molecule has 1 atom stereocenters. The summed E-state index contributed by atoms with van der Waals surface area (Å²) in [6.07, 6.45) is 0.397. The van der Waals surface area contributed by atoms with Gasteiger partial charge in [0.25, 0.3) is 0 Å². The molecule has 0 aromatic heterocycles. The summed E-state index contributed by atoms with van der Waals surface area (Å²) in [5, 5.41) is 5.49. The SMILES string of the molecule is CC(N)CC(=O)NCCSCc1cccc2ccccc12. The fourth-order valence-electron chi connectivity index (χ4n) is 2.23. The van der Waals surface area contributed by atoms with Crippen molar-refractivity contribution in [1.29, 1.82) is 0 Å². The molecule has 0 spiro atoms. The van der Waals surface area contributed by atoms with E-state index >= 15 is 0 Å². The summed E-state index contributed by atoms with van der Waals surface area (Å²) in [6, 6.07) is 14.8. The zero-order chi connectivity index (χ0) is 15.1. The van der Waals surface area contributed by atoms with Crippen LogP contribution < -0.4 is 11.1 Å². The monoisotopic (exact) mass is 302 g/mol. The third kappa shape index (κ3) is 5.06. The maximum Gasteiger partial charge on any atom is 0.221 e. The molecule has 0 saturated carbocycles. The molecule has 0 aliphatic heterocycles. The lowest BCUT2D eigenvalue weighted by Crippen LogP contribution is -2.31. The van der Waals surface area contributed by atoms with Crippen molar-refractivity contribution < 1.29 is 4.79 Å². The molecule has 1 unspecified atom stereocenters. The van der Waals surface area contributed by atoms with Gasteiger partial charge in [-0.2, -0.15) is 11.8 Å². The highest BCUT2D eigenvalue weighted by Gasteiger charge is 2.04. The van der Waals surface area contributed by atoms with Crippen LogP contribution in [0.15, 0.2) is 42.5 Å². The molecular formula is C17H22N2OS. The highest BCUT2D eigenvalue weighted by molar-refractivity contribution is 7.98. The maximum atomic E-state index is 11.5. The number of nitrogens with one attached hydrogen (secondary N) is 1. The van der Waals surface area contributed by atoms with E-state index < -0.39 is 0 Å². The third-order valence-corrected chi connectivity index (χ3v) is 4.22. The summed E-state index contributed by atoms with van der Waals surface area (Å²) in [7, 11) is 0. The predicted octanol–water partition coefficient (Wildman–Crippen LogP) is 2.93. The lowest BCUT2D eigenvalue weighted by Gasteiger charge is -2.08. The van der Waals surface area contributed by atoms with E-state index in [0.29, 0.717) is 13.0 Å². The molecule has 2 rings (SSSR count). The minimum Gasteiger partial charge on any atom is -0.355 e. The van der Waals surface area contributed by atoms with E-state index in [9.17, 15) is 4.79 Å². The lowest BCUT2D eigenvalue weighted by atomic mass is 10.1. The Balaban J connectivity index is 1.77. The van der Waals surface area contributed by atoms with Crippen molar-refractivity contribution in [3.05, 3.63) is 48.0 Å². The molecule has 2 aromatic rings. The summed E-state index contributed by atoms with van der Waals surface area (Å²) < 4.78 is 0. The average Bonchev–Trinajstić information content (AvgIpc) is 2.46. The van der Waals surface area contributed by atoms with Crippen molar-refractivity contribution in [2.75, 3.05) is 12.3 Å². The molecule has 0 aliphatic carbocycles. The van der Waals surface area contributed by atoms with Crippen molar-refractivity contribution in [2.24, 2.45) is 5.73 Å². The summed E-state index contributed by atoms with van der Waals surface area (Å²) in [5.74, 6) is 1.91. The van der Waals surface area contributed by atoms with Crippen LogP contribution in [0, 0.1) is 0 Å². The van der Waals surface area contributed by atoms with Gasteiger partial charge in [-0.25, -0.2) is 0 Å². The molecular weight excluding hydrogens is 280 g/mol. The Kier molecular flexibility index (Phi) is 6.08. The second kappa shape index (κ2) is 8.05. The van der Waals surface area contributed by atoms with Gasteiger partial charge in [0, 0.05) is 30.5 Å². The minimum atomic E-state index is -0.0756. The molecule has 0 radical (unpaired) electrons. The first-order valence-electron chi connectivity index (χ1n) is 7.23. The number of amides is 1. The Bertz CT molecular complexity index is 593.